The van der Waals surface area contributed by atoms with Gasteiger partial charge < -0.3 is 4.90 Å². The van der Waals surface area contributed by atoms with Crippen LogP contribution in [0.15, 0.2) is 28.7 Å². The molecule has 1 aliphatic heterocycles. The summed E-state index contributed by atoms with van der Waals surface area (Å²) in [4.78, 5) is 25.8. The lowest BCUT2D eigenvalue weighted by atomic mass is 9.95. The van der Waals surface area contributed by atoms with Crippen LogP contribution in [0, 0.1) is 11.8 Å². The fourth-order valence-electron chi connectivity index (χ4n) is 2.35. The van der Waals surface area contributed by atoms with Gasteiger partial charge in [0, 0.05) is 23.0 Å². The number of hydrogen-bond donors (Lipinski definition) is 0. The number of hydrogen-bond acceptors (Lipinski definition) is 2. The van der Waals surface area contributed by atoms with Crippen LogP contribution in [-0.4, -0.2) is 29.7 Å². The van der Waals surface area contributed by atoms with Crippen LogP contribution in [0.5, 0.6) is 0 Å². The molecule has 0 bridgehead atoms. The van der Waals surface area contributed by atoms with E-state index >= 15 is 0 Å². The van der Waals surface area contributed by atoms with Gasteiger partial charge in [-0.25, -0.2) is 0 Å². The number of carbonyl (C=O) groups excluding carboxylic acids is 2. The van der Waals surface area contributed by atoms with Gasteiger partial charge in [-0.15, -0.1) is 0 Å². The highest BCUT2D eigenvalue weighted by molar-refractivity contribution is 9.10. The second-order valence-corrected chi connectivity index (χ2v) is 6.24. The minimum absolute atomic E-state index is 0.00905. The van der Waals surface area contributed by atoms with Crippen LogP contribution < -0.4 is 0 Å². The molecule has 0 spiro atoms. The fourth-order valence-corrected chi connectivity index (χ4v) is 2.85. The summed E-state index contributed by atoms with van der Waals surface area (Å²) in [6.07, 6.45) is 0.570. The summed E-state index contributed by atoms with van der Waals surface area (Å²) in [6.45, 7) is 5.13. The Bertz CT molecular complexity index is 499. The zero-order chi connectivity index (χ0) is 14.0. The number of likely N-dealkylation sites (tertiary alicyclic amines) is 1. The normalized spacial score (nSPS) is 19.3. The van der Waals surface area contributed by atoms with E-state index in [0.717, 1.165) is 4.47 Å². The predicted molar refractivity (Wildman–Crippen MR) is 78.0 cm³/mol. The van der Waals surface area contributed by atoms with Crippen LogP contribution >= 0.6 is 15.9 Å². The van der Waals surface area contributed by atoms with Crippen molar-refractivity contribution in [1.29, 1.82) is 0 Å². The van der Waals surface area contributed by atoms with Crippen molar-refractivity contribution < 1.29 is 9.59 Å². The number of carbonyl (C=O) groups is 2. The van der Waals surface area contributed by atoms with Gasteiger partial charge in [0.15, 0.2) is 5.78 Å². The first-order valence-electron chi connectivity index (χ1n) is 6.54. The maximum absolute atomic E-state index is 12.2. The van der Waals surface area contributed by atoms with Gasteiger partial charge in [0.2, 0.25) is 5.91 Å². The minimum atomic E-state index is -0.00905. The first-order chi connectivity index (χ1) is 8.99. The highest BCUT2D eigenvalue weighted by Gasteiger charge is 2.32. The molecule has 1 heterocycles. The van der Waals surface area contributed by atoms with Crippen LogP contribution in [0.3, 0.4) is 0 Å². The van der Waals surface area contributed by atoms with Crippen molar-refractivity contribution in [2.24, 2.45) is 11.8 Å². The van der Waals surface area contributed by atoms with E-state index in [1.807, 2.05) is 18.2 Å². The number of Topliss-reactive ketones (excluding diaryl/α,β-unsaturated/α-hetero) is 1. The molecule has 1 atom stereocenters. The van der Waals surface area contributed by atoms with E-state index in [0.29, 0.717) is 30.4 Å². The Kier molecular flexibility index (Phi) is 4.40. The van der Waals surface area contributed by atoms with Gasteiger partial charge in [0.05, 0.1) is 6.54 Å². The molecule has 1 aliphatic rings. The maximum atomic E-state index is 12.2. The lowest BCUT2D eigenvalue weighted by molar-refractivity contribution is -0.127. The van der Waals surface area contributed by atoms with E-state index in [4.69, 9.17) is 0 Å². The standard InChI is InChI=1S/C15H18BrNO2/c1-10(2)11-7-15(19)17(8-11)9-14(18)12-5-3-4-6-13(12)16/h3-6,10-11H,7-9H2,1-2H3. The van der Waals surface area contributed by atoms with Crippen LogP contribution in [0.1, 0.15) is 30.6 Å². The molecule has 1 amide bonds. The molecule has 4 heteroatoms. The molecule has 1 unspecified atom stereocenters. The SMILES string of the molecule is CC(C)C1CC(=O)N(CC(=O)c2ccccc2Br)C1. The first-order valence-corrected chi connectivity index (χ1v) is 7.34. The van der Waals surface area contributed by atoms with Crippen LogP contribution in [-0.2, 0) is 4.79 Å². The molecule has 0 N–H and O–H groups in total. The van der Waals surface area contributed by atoms with Gasteiger partial charge in [-0.1, -0.05) is 48.0 Å². The third-order valence-electron chi connectivity index (χ3n) is 3.70. The van der Waals surface area contributed by atoms with Gasteiger partial charge in [0.25, 0.3) is 0 Å². The number of benzene rings is 1. The molecule has 0 saturated carbocycles. The Morgan fingerprint density at radius 1 is 1.42 bits per heavy atom. The van der Waals surface area contributed by atoms with E-state index in [9.17, 15) is 9.59 Å². The molecule has 3 nitrogen and oxygen atoms in total. The second kappa shape index (κ2) is 5.87. The van der Waals surface area contributed by atoms with E-state index in [1.165, 1.54) is 0 Å². The topological polar surface area (TPSA) is 37.4 Å². The molecule has 1 aromatic carbocycles. The number of halogens is 1. The number of amides is 1. The van der Waals surface area contributed by atoms with Gasteiger partial charge in [-0.3, -0.25) is 9.59 Å². The van der Waals surface area contributed by atoms with Crippen molar-refractivity contribution in [3.05, 3.63) is 34.3 Å². The second-order valence-electron chi connectivity index (χ2n) is 5.39. The highest BCUT2D eigenvalue weighted by atomic mass is 79.9. The zero-order valence-electron chi connectivity index (χ0n) is 11.2. The number of ketones is 1. The fraction of sp³-hybridized carbons (Fsp3) is 0.467. The average molecular weight is 324 g/mol. The first kappa shape index (κ1) is 14.3. The Balaban J connectivity index is 2.04. The molecule has 2 rings (SSSR count). The molecule has 102 valence electrons. The average Bonchev–Trinajstić information content (AvgIpc) is 2.71. The smallest absolute Gasteiger partial charge is 0.223 e. The summed E-state index contributed by atoms with van der Waals surface area (Å²) in [5.41, 5.74) is 0.642. The minimum Gasteiger partial charge on any atom is -0.335 e. The predicted octanol–water partition coefficient (Wildman–Crippen LogP) is 3.14. The molecule has 0 aromatic heterocycles. The van der Waals surface area contributed by atoms with E-state index < -0.39 is 0 Å². The van der Waals surface area contributed by atoms with Gasteiger partial charge >= 0.3 is 0 Å². The Hall–Kier alpha value is -1.16. The largest absolute Gasteiger partial charge is 0.335 e. The third kappa shape index (κ3) is 3.24. The summed E-state index contributed by atoms with van der Waals surface area (Å²) in [5.74, 6) is 0.941. The maximum Gasteiger partial charge on any atom is 0.223 e. The van der Waals surface area contributed by atoms with Crippen LogP contribution in [0.2, 0.25) is 0 Å². The molecular weight excluding hydrogens is 306 g/mol. The van der Waals surface area contributed by atoms with Crippen molar-refractivity contribution >= 4 is 27.6 Å². The zero-order valence-corrected chi connectivity index (χ0v) is 12.8. The Morgan fingerprint density at radius 2 is 2.11 bits per heavy atom. The molecule has 19 heavy (non-hydrogen) atoms. The summed E-state index contributed by atoms with van der Waals surface area (Å²) in [5, 5.41) is 0. The highest BCUT2D eigenvalue weighted by Crippen LogP contribution is 2.25. The quantitative estimate of drug-likeness (QED) is 0.798. The summed E-state index contributed by atoms with van der Waals surface area (Å²) in [6, 6.07) is 7.33. The van der Waals surface area contributed by atoms with Gasteiger partial charge in [0.1, 0.15) is 0 Å². The van der Waals surface area contributed by atoms with E-state index in [1.54, 1.807) is 11.0 Å². The van der Waals surface area contributed by atoms with E-state index in [2.05, 4.69) is 29.8 Å². The lowest BCUT2D eigenvalue weighted by Crippen LogP contribution is -2.31. The summed E-state index contributed by atoms with van der Waals surface area (Å²) >= 11 is 3.37. The molecule has 1 saturated heterocycles. The van der Waals surface area contributed by atoms with Gasteiger partial charge in [-0.2, -0.15) is 0 Å². The van der Waals surface area contributed by atoms with Crippen molar-refractivity contribution in [1.82, 2.24) is 4.90 Å². The molecular formula is C15H18BrNO2. The van der Waals surface area contributed by atoms with Crippen molar-refractivity contribution in [3.63, 3.8) is 0 Å². The Labute approximate surface area is 122 Å². The van der Waals surface area contributed by atoms with Gasteiger partial charge in [-0.05, 0) is 17.9 Å². The lowest BCUT2D eigenvalue weighted by Gasteiger charge is -2.17. The monoisotopic (exact) mass is 323 g/mol. The van der Waals surface area contributed by atoms with E-state index in [-0.39, 0.29) is 18.2 Å². The summed E-state index contributed by atoms with van der Waals surface area (Å²) in [7, 11) is 0. The van der Waals surface area contributed by atoms with Crippen molar-refractivity contribution in [2.45, 2.75) is 20.3 Å². The Morgan fingerprint density at radius 3 is 2.68 bits per heavy atom. The molecule has 0 radical (unpaired) electrons. The van der Waals surface area contributed by atoms with Crippen molar-refractivity contribution in [2.75, 3.05) is 13.1 Å². The molecule has 1 fully saturated rings. The van der Waals surface area contributed by atoms with Crippen LogP contribution in [0.25, 0.3) is 0 Å². The molecule has 0 aliphatic carbocycles. The molecule has 1 aromatic rings. The van der Waals surface area contributed by atoms with Crippen LogP contribution in [0.4, 0.5) is 0 Å². The van der Waals surface area contributed by atoms with Crippen molar-refractivity contribution in [3.8, 4) is 0 Å². The third-order valence-corrected chi connectivity index (χ3v) is 4.39. The summed E-state index contributed by atoms with van der Waals surface area (Å²) < 4.78 is 0.784. The number of nitrogens with zero attached hydrogens (tertiary/aromatic N) is 1. The number of rotatable bonds is 4.